The van der Waals surface area contributed by atoms with E-state index in [4.69, 9.17) is 0 Å². The molecule has 0 aliphatic heterocycles. The molecule has 1 heterocycles. The van der Waals surface area contributed by atoms with Crippen LogP contribution in [0, 0.1) is 12.7 Å². The van der Waals surface area contributed by atoms with Gasteiger partial charge in [0.15, 0.2) is 0 Å². The molecule has 2 aromatic rings. The molecule has 1 amide bonds. The van der Waals surface area contributed by atoms with Crippen molar-refractivity contribution in [2.75, 3.05) is 0 Å². The van der Waals surface area contributed by atoms with Gasteiger partial charge in [-0.25, -0.2) is 9.37 Å². The lowest BCUT2D eigenvalue weighted by Crippen LogP contribution is -2.24. The van der Waals surface area contributed by atoms with Crippen molar-refractivity contribution in [1.82, 2.24) is 10.3 Å². The van der Waals surface area contributed by atoms with Crippen molar-refractivity contribution < 1.29 is 9.18 Å². The molecule has 0 fully saturated rings. The van der Waals surface area contributed by atoms with Gasteiger partial charge in [0.25, 0.3) is 5.91 Å². The number of nitrogens with zero attached hydrogens (tertiary/aromatic N) is 1. The number of aromatic nitrogens is 1. The van der Waals surface area contributed by atoms with Crippen molar-refractivity contribution in [2.24, 2.45) is 0 Å². The van der Waals surface area contributed by atoms with Crippen LogP contribution in [0.25, 0.3) is 0 Å². The number of aryl methyl sites for hydroxylation is 1. The Morgan fingerprint density at radius 3 is 2.63 bits per heavy atom. The molecule has 1 N–H and O–H groups in total. The highest BCUT2D eigenvalue weighted by Crippen LogP contribution is 2.12. The fourth-order valence-electron chi connectivity index (χ4n) is 1.62. The largest absolute Gasteiger partial charge is 0.347 e. The van der Waals surface area contributed by atoms with E-state index >= 15 is 0 Å². The Labute approximate surface area is 119 Å². The van der Waals surface area contributed by atoms with Crippen LogP contribution in [0.15, 0.2) is 40.9 Å². The van der Waals surface area contributed by atoms with E-state index in [1.807, 2.05) is 13.0 Å². The van der Waals surface area contributed by atoms with Crippen LogP contribution >= 0.6 is 15.9 Å². The van der Waals surface area contributed by atoms with Crippen molar-refractivity contribution in [1.29, 1.82) is 0 Å². The van der Waals surface area contributed by atoms with Gasteiger partial charge in [0.1, 0.15) is 11.5 Å². The van der Waals surface area contributed by atoms with Crippen LogP contribution in [0.2, 0.25) is 0 Å². The fourth-order valence-corrected chi connectivity index (χ4v) is 2.17. The molecule has 1 aromatic carbocycles. The van der Waals surface area contributed by atoms with Gasteiger partial charge >= 0.3 is 0 Å². The van der Waals surface area contributed by atoms with Gasteiger partial charge in [-0.05, 0) is 36.8 Å². The summed E-state index contributed by atoms with van der Waals surface area (Å²) in [5.74, 6) is -0.548. The monoisotopic (exact) mass is 322 g/mol. The minimum atomic E-state index is -0.292. The standard InChI is InChI=1S/C14H12BrFN2O/c1-9-6-11(15)7-13(18-9)14(19)17-8-10-2-4-12(16)5-3-10/h2-7H,8H2,1H3,(H,17,19). The van der Waals surface area contributed by atoms with Crippen molar-refractivity contribution >= 4 is 21.8 Å². The highest BCUT2D eigenvalue weighted by atomic mass is 79.9. The first-order valence-electron chi connectivity index (χ1n) is 5.71. The first-order chi connectivity index (χ1) is 9.04. The fraction of sp³-hybridized carbons (Fsp3) is 0.143. The molecule has 0 radical (unpaired) electrons. The number of carbonyl (C=O) groups excluding carboxylic acids is 1. The highest BCUT2D eigenvalue weighted by Gasteiger charge is 2.08. The third kappa shape index (κ3) is 3.86. The molecule has 19 heavy (non-hydrogen) atoms. The van der Waals surface area contributed by atoms with Gasteiger partial charge in [0, 0.05) is 16.7 Å². The molecule has 98 valence electrons. The van der Waals surface area contributed by atoms with Crippen molar-refractivity contribution in [2.45, 2.75) is 13.5 Å². The first kappa shape index (κ1) is 13.7. The van der Waals surface area contributed by atoms with E-state index in [0.29, 0.717) is 12.2 Å². The lowest BCUT2D eigenvalue weighted by Gasteiger charge is -2.06. The van der Waals surface area contributed by atoms with Crippen LogP contribution in [-0.2, 0) is 6.54 Å². The van der Waals surface area contributed by atoms with E-state index in [2.05, 4.69) is 26.2 Å². The van der Waals surface area contributed by atoms with Gasteiger partial charge in [-0.15, -0.1) is 0 Å². The van der Waals surface area contributed by atoms with Crippen LogP contribution < -0.4 is 5.32 Å². The topological polar surface area (TPSA) is 42.0 Å². The Morgan fingerprint density at radius 1 is 1.32 bits per heavy atom. The van der Waals surface area contributed by atoms with Crippen molar-refractivity contribution in [3.8, 4) is 0 Å². The molecule has 3 nitrogen and oxygen atoms in total. The lowest BCUT2D eigenvalue weighted by atomic mass is 10.2. The molecule has 0 saturated carbocycles. The Bertz CT molecular complexity index is 579. The average molecular weight is 323 g/mol. The molecular formula is C14H12BrFN2O. The van der Waals surface area contributed by atoms with E-state index in [9.17, 15) is 9.18 Å². The molecule has 0 unspecified atom stereocenters. The molecule has 1 aromatic heterocycles. The number of nitrogens with one attached hydrogen (secondary N) is 1. The second-order valence-electron chi connectivity index (χ2n) is 4.12. The minimum absolute atomic E-state index is 0.256. The smallest absolute Gasteiger partial charge is 0.270 e. The summed E-state index contributed by atoms with van der Waals surface area (Å²) in [6.45, 7) is 2.16. The number of benzene rings is 1. The van der Waals surface area contributed by atoms with E-state index in [1.54, 1.807) is 18.2 Å². The zero-order valence-corrected chi connectivity index (χ0v) is 11.9. The molecule has 5 heteroatoms. The maximum atomic E-state index is 12.7. The Hall–Kier alpha value is -1.75. The molecule has 0 saturated heterocycles. The van der Waals surface area contributed by atoms with Crippen LogP contribution in [0.1, 0.15) is 21.7 Å². The predicted molar refractivity (Wildman–Crippen MR) is 74.2 cm³/mol. The molecule has 2 rings (SSSR count). The summed E-state index contributed by atoms with van der Waals surface area (Å²) >= 11 is 3.32. The van der Waals surface area contributed by atoms with Gasteiger partial charge in [-0.3, -0.25) is 4.79 Å². The number of halogens is 2. The van der Waals surface area contributed by atoms with Crippen LogP contribution in [0.3, 0.4) is 0 Å². The Kier molecular flexibility index (Phi) is 4.27. The summed E-state index contributed by atoms with van der Waals surface area (Å²) < 4.78 is 13.5. The average Bonchev–Trinajstić information content (AvgIpc) is 2.36. The number of carbonyl (C=O) groups is 1. The summed E-state index contributed by atoms with van der Waals surface area (Å²) in [4.78, 5) is 16.1. The predicted octanol–water partition coefficient (Wildman–Crippen LogP) is 3.22. The van der Waals surface area contributed by atoms with Gasteiger partial charge in [0.2, 0.25) is 0 Å². The van der Waals surface area contributed by atoms with E-state index in [-0.39, 0.29) is 11.7 Å². The normalized spacial score (nSPS) is 10.3. The summed E-state index contributed by atoms with van der Waals surface area (Å²) in [6, 6.07) is 9.49. The van der Waals surface area contributed by atoms with Crippen molar-refractivity contribution in [3.63, 3.8) is 0 Å². The van der Waals surface area contributed by atoms with Crippen LogP contribution in [-0.4, -0.2) is 10.9 Å². The third-order valence-electron chi connectivity index (χ3n) is 2.52. The summed E-state index contributed by atoms with van der Waals surface area (Å²) in [5.41, 5.74) is 1.96. The lowest BCUT2D eigenvalue weighted by molar-refractivity contribution is 0.0945. The number of rotatable bonds is 3. The first-order valence-corrected chi connectivity index (χ1v) is 6.51. The van der Waals surface area contributed by atoms with Crippen LogP contribution in [0.5, 0.6) is 0 Å². The van der Waals surface area contributed by atoms with E-state index < -0.39 is 0 Å². The zero-order chi connectivity index (χ0) is 13.8. The van der Waals surface area contributed by atoms with Crippen LogP contribution in [0.4, 0.5) is 4.39 Å². The molecule has 0 spiro atoms. The third-order valence-corrected chi connectivity index (χ3v) is 2.97. The molecule has 0 aliphatic carbocycles. The van der Waals surface area contributed by atoms with E-state index in [0.717, 1.165) is 15.7 Å². The SMILES string of the molecule is Cc1cc(Br)cc(C(=O)NCc2ccc(F)cc2)n1. The van der Waals surface area contributed by atoms with Gasteiger partial charge < -0.3 is 5.32 Å². The summed E-state index contributed by atoms with van der Waals surface area (Å²) in [6.07, 6.45) is 0. The number of amides is 1. The Balaban J connectivity index is 2.03. The molecule has 0 bridgehead atoms. The number of hydrogen-bond acceptors (Lipinski definition) is 2. The highest BCUT2D eigenvalue weighted by molar-refractivity contribution is 9.10. The van der Waals surface area contributed by atoms with Gasteiger partial charge in [-0.2, -0.15) is 0 Å². The second kappa shape index (κ2) is 5.93. The maximum absolute atomic E-state index is 12.7. The van der Waals surface area contributed by atoms with E-state index in [1.165, 1.54) is 12.1 Å². The Morgan fingerprint density at radius 2 is 2.00 bits per heavy atom. The quantitative estimate of drug-likeness (QED) is 0.942. The van der Waals surface area contributed by atoms with Gasteiger partial charge in [-0.1, -0.05) is 28.1 Å². The van der Waals surface area contributed by atoms with Crippen molar-refractivity contribution in [3.05, 3.63) is 63.6 Å². The van der Waals surface area contributed by atoms with Gasteiger partial charge in [0.05, 0.1) is 0 Å². The number of hydrogen-bond donors (Lipinski definition) is 1. The molecule has 0 aliphatic rings. The molecule has 0 atom stereocenters. The summed E-state index contributed by atoms with van der Waals surface area (Å²) in [5, 5.41) is 2.74. The zero-order valence-electron chi connectivity index (χ0n) is 10.3. The summed E-state index contributed by atoms with van der Waals surface area (Å²) in [7, 11) is 0. The second-order valence-corrected chi connectivity index (χ2v) is 5.04. The maximum Gasteiger partial charge on any atom is 0.270 e. The molecular weight excluding hydrogens is 311 g/mol. The number of pyridine rings is 1. The minimum Gasteiger partial charge on any atom is -0.347 e.